The summed E-state index contributed by atoms with van der Waals surface area (Å²) in [6, 6.07) is 4.75. The number of carbonyl (C=O) groups is 1. The molecule has 1 aliphatic rings. The zero-order valence-electron chi connectivity index (χ0n) is 16.3. The van der Waals surface area contributed by atoms with E-state index in [9.17, 15) is 9.18 Å². The van der Waals surface area contributed by atoms with Gasteiger partial charge in [-0.3, -0.25) is 4.79 Å². The number of hydrogen-bond donors (Lipinski definition) is 1. The van der Waals surface area contributed by atoms with Crippen LogP contribution in [0.15, 0.2) is 37.1 Å². The van der Waals surface area contributed by atoms with Crippen molar-refractivity contribution < 1.29 is 9.18 Å². The molecule has 9 heteroatoms. The van der Waals surface area contributed by atoms with Crippen molar-refractivity contribution in [2.24, 2.45) is 13.0 Å². The molecular formula is C20H22FN6OP. The Bertz CT molecular complexity index is 1070. The van der Waals surface area contributed by atoms with Crippen LogP contribution < -0.4 is 15.5 Å². The summed E-state index contributed by atoms with van der Waals surface area (Å²) < 4.78 is 16.4. The Morgan fingerprint density at radius 2 is 2.14 bits per heavy atom. The fourth-order valence-electron chi connectivity index (χ4n) is 3.49. The van der Waals surface area contributed by atoms with Crippen LogP contribution in [0.4, 0.5) is 15.9 Å². The van der Waals surface area contributed by atoms with Gasteiger partial charge in [-0.25, -0.2) is 19.3 Å². The predicted octanol–water partition coefficient (Wildman–Crippen LogP) is 2.62. The molecule has 150 valence electrons. The van der Waals surface area contributed by atoms with E-state index in [-0.39, 0.29) is 5.69 Å². The van der Waals surface area contributed by atoms with E-state index >= 15 is 0 Å². The quantitative estimate of drug-likeness (QED) is 0.667. The van der Waals surface area contributed by atoms with Crippen molar-refractivity contribution in [2.45, 2.75) is 13.3 Å². The number of nitrogens with zero attached hydrogens (tertiary/aromatic N) is 5. The standard InChI is InChI=1S/C20H22FN6OP/c1-12-5-6-27(8-12)19-18(25-20(28)16-9-26(2)11-24-16)17(22-10-23-19)14-7-13(29)3-4-15(14)21/h3-4,7,9-12H,5-6,8,29H2,1-2H3,(H,25,28)/t12-/m0/s1. The van der Waals surface area contributed by atoms with E-state index in [0.717, 1.165) is 24.8 Å². The minimum absolute atomic E-state index is 0.267. The second-order valence-electron chi connectivity index (χ2n) is 7.38. The maximum absolute atomic E-state index is 14.7. The van der Waals surface area contributed by atoms with Crippen molar-refractivity contribution >= 4 is 32.0 Å². The normalized spacial score (nSPS) is 16.3. The van der Waals surface area contributed by atoms with E-state index in [2.05, 4.69) is 41.3 Å². The number of aryl methyl sites for hydroxylation is 1. The van der Waals surface area contributed by atoms with E-state index in [4.69, 9.17) is 0 Å². The molecule has 2 atom stereocenters. The molecule has 1 aromatic carbocycles. The lowest BCUT2D eigenvalue weighted by atomic mass is 10.1. The monoisotopic (exact) mass is 412 g/mol. The first-order valence-electron chi connectivity index (χ1n) is 9.37. The van der Waals surface area contributed by atoms with Crippen LogP contribution in [-0.4, -0.2) is 38.5 Å². The summed E-state index contributed by atoms with van der Waals surface area (Å²) in [5.41, 5.74) is 1.32. The first-order valence-corrected chi connectivity index (χ1v) is 9.94. The third kappa shape index (κ3) is 3.98. The Morgan fingerprint density at radius 1 is 1.31 bits per heavy atom. The third-order valence-corrected chi connectivity index (χ3v) is 5.33. The van der Waals surface area contributed by atoms with Crippen LogP contribution in [0.2, 0.25) is 0 Å². The predicted molar refractivity (Wildman–Crippen MR) is 114 cm³/mol. The highest BCUT2D eigenvalue weighted by Gasteiger charge is 2.27. The third-order valence-electron chi connectivity index (χ3n) is 4.97. The van der Waals surface area contributed by atoms with Gasteiger partial charge in [0.1, 0.15) is 29.2 Å². The molecule has 1 aliphatic heterocycles. The molecule has 0 bridgehead atoms. The van der Waals surface area contributed by atoms with E-state index < -0.39 is 11.7 Å². The van der Waals surface area contributed by atoms with Gasteiger partial charge in [0.2, 0.25) is 0 Å². The lowest BCUT2D eigenvalue weighted by Gasteiger charge is -2.22. The molecule has 1 saturated heterocycles. The highest BCUT2D eigenvalue weighted by Crippen LogP contribution is 2.36. The molecule has 0 aliphatic carbocycles. The summed E-state index contributed by atoms with van der Waals surface area (Å²) in [7, 11) is 4.34. The number of carbonyl (C=O) groups excluding carboxylic acids is 1. The number of rotatable bonds is 4. The number of halogens is 1. The fourth-order valence-corrected chi connectivity index (χ4v) is 3.76. The second kappa shape index (κ2) is 7.87. The molecule has 1 amide bonds. The minimum Gasteiger partial charge on any atom is -0.354 e. The molecule has 2 aromatic heterocycles. The highest BCUT2D eigenvalue weighted by atomic mass is 31.0. The molecular weight excluding hydrogens is 390 g/mol. The van der Waals surface area contributed by atoms with Crippen molar-refractivity contribution in [3.8, 4) is 11.3 Å². The average molecular weight is 412 g/mol. The molecule has 3 heterocycles. The number of aromatic nitrogens is 4. The van der Waals surface area contributed by atoms with Crippen molar-refractivity contribution in [1.82, 2.24) is 19.5 Å². The number of hydrogen-bond acceptors (Lipinski definition) is 5. The van der Waals surface area contributed by atoms with Gasteiger partial charge in [0.15, 0.2) is 5.82 Å². The summed E-state index contributed by atoms with van der Waals surface area (Å²) in [6.45, 7) is 3.80. The zero-order valence-corrected chi connectivity index (χ0v) is 17.4. The van der Waals surface area contributed by atoms with Gasteiger partial charge in [-0.1, -0.05) is 13.0 Å². The largest absolute Gasteiger partial charge is 0.354 e. The van der Waals surface area contributed by atoms with Gasteiger partial charge in [-0.2, -0.15) is 0 Å². The number of imidazole rings is 1. The average Bonchev–Trinajstić information content (AvgIpc) is 3.32. The van der Waals surface area contributed by atoms with Crippen LogP contribution in [0, 0.1) is 11.7 Å². The first-order chi connectivity index (χ1) is 13.9. The van der Waals surface area contributed by atoms with Gasteiger partial charge in [0, 0.05) is 31.9 Å². The van der Waals surface area contributed by atoms with Gasteiger partial charge in [0.05, 0.1) is 6.33 Å². The Labute approximate surface area is 170 Å². The van der Waals surface area contributed by atoms with Gasteiger partial charge in [-0.15, -0.1) is 9.24 Å². The smallest absolute Gasteiger partial charge is 0.276 e. The van der Waals surface area contributed by atoms with Gasteiger partial charge in [0.25, 0.3) is 5.91 Å². The van der Waals surface area contributed by atoms with Crippen LogP contribution in [-0.2, 0) is 7.05 Å². The molecule has 0 spiro atoms. The van der Waals surface area contributed by atoms with E-state index in [1.165, 1.54) is 12.4 Å². The van der Waals surface area contributed by atoms with Crippen molar-refractivity contribution in [2.75, 3.05) is 23.3 Å². The molecule has 0 radical (unpaired) electrons. The first kappa shape index (κ1) is 19.5. The number of benzene rings is 1. The Hall–Kier alpha value is -2.86. The lowest BCUT2D eigenvalue weighted by molar-refractivity contribution is 0.102. The molecule has 3 aromatic rings. The molecule has 1 fully saturated rings. The van der Waals surface area contributed by atoms with Gasteiger partial charge < -0.3 is 14.8 Å². The van der Waals surface area contributed by atoms with E-state index in [0.29, 0.717) is 28.7 Å². The molecule has 7 nitrogen and oxygen atoms in total. The summed E-state index contributed by atoms with van der Waals surface area (Å²) >= 11 is 0. The molecule has 0 saturated carbocycles. The summed E-state index contributed by atoms with van der Waals surface area (Å²) in [6.07, 6.45) is 5.62. The van der Waals surface area contributed by atoms with E-state index in [1.807, 2.05) is 0 Å². The maximum Gasteiger partial charge on any atom is 0.276 e. The van der Waals surface area contributed by atoms with Crippen LogP contribution >= 0.6 is 9.24 Å². The Morgan fingerprint density at radius 3 is 2.83 bits per heavy atom. The maximum atomic E-state index is 14.7. The van der Waals surface area contributed by atoms with Crippen molar-refractivity contribution in [3.05, 3.63) is 48.6 Å². The van der Waals surface area contributed by atoms with Crippen LogP contribution in [0.3, 0.4) is 0 Å². The van der Waals surface area contributed by atoms with Crippen LogP contribution in [0.1, 0.15) is 23.8 Å². The summed E-state index contributed by atoms with van der Waals surface area (Å²) in [5.74, 6) is 0.304. The van der Waals surface area contributed by atoms with E-state index in [1.54, 1.807) is 36.3 Å². The number of nitrogens with one attached hydrogen (secondary N) is 1. The molecule has 1 N–H and O–H groups in total. The topological polar surface area (TPSA) is 75.9 Å². The SMILES string of the molecule is C[C@H]1CCN(c2ncnc(-c3cc(P)ccc3F)c2NC(=O)c2cn(C)cn2)C1. The van der Waals surface area contributed by atoms with Crippen LogP contribution in [0.5, 0.6) is 0 Å². The Kier molecular flexibility index (Phi) is 5.28. The van der Waals surface area contributed by atoms with Crippen molar-refractivity contribution in [1.29, 1.82) is 0 Å². The highest BCUT2D eigenvalue weighted by molar-refractivity contribution is 7.27. The molecule has 4 rings (SSSR count). The van der Waals surface area contributed by atoms with Gasteiger partial charge in [-0.05, 0) is 29.8 Å². The second-order valence-corrected chi connectivity index (χ2v) is 8.05. The Balaban J connectivity index is 1.82. The zero-order chi connectivity index (χ0) is 20.5. The minimum atomic E-state index is -0.413. The van der Waals surface area contributed by atoms with Gasteiger partial charge >= 0.3 is 0 Å². The summed E-state index contributed by atoms with van der Waals surface area (Å²) in [4.78, 5) is 27.8. The number of anilines is 2. The molecule has 29 heavy (non-hydrogen) atoms. The lowest BCUT2D eigenvalue weighted by Crippen LogP contribution is -2.24. The van der Waals surface area contributed by atoms with Crippen molar-refractivity contribution in [3.63, 3.8) is 0 Å². The van der Waals surface area contributed by atoms with Crippen LogP contribution in [0.25, 0.3) is 11.3 Å². The molecule has 1 unspecified atom stereocenters. The summed E-state index contributed by atoms with van der Waals surface area (Å²) in [5, 5.41) is 3.71. The number of amides is 1. The fraction of sp³-hybridized carbons (Fsp3) is 0.300.